The van der Waals surface area contributed by atoms with E-state index in [1.54, 1.807) is 12.1 Å². The lowest BCUT2D eigenvalue weighted by Gasteiger charge is -2.54. The summed E-state index contributed by atoms with van der Waals surface area (Å²) >= 11 is 0. The largest absolute Gasteiger partial charge is 0.457 e. The Balaban J connectivity index is 0.692. The smallest absolute Gasteiger partial charge is 0.262 e. The van der Waals surface area contributed by atoms with Gasteiger partial charge in [-0.2, -0.15) is 5.10 Å². The highest BCUT2D eigenvalue weighted by Crippen LogP contribution is 2.43. The summed E-state index contributed by atoms with van der Waals surface area (Å²) in [6, 6.07) is 22.0. The number of nitrogens with two attached hydrogens (primary N) is 1. The summed E-state index contributed by atoms with van der Waals surface area (Å²) in [7, 11) is 0. The molecule has 0 bridgehead atoms. The minimum absolute atomic E-state index is 0.0885. The maximum Gasteiger partial charge on any atom is 0.262 e. The molecule has 0 saturated carbocycles. The Morgan fingerprint density at radius 2 is 1.41 bits per heavy atom. The summed E-state index contributed by atoms with van der Waals surface area (Å²) in [4.78, 5) is 77.1. The van der Waals surface area contributed by atoms with Gasteiger partial charge in [-0.3, -0.25) is 29.4 Å². The van der Waals surface area contributed by atoms with E-state index in [2.05, 4.69) is 30.0 Å². The standard InChI is InChI=1S/C46H44N12O5/c47-40-38-39(28-6-9-33(10-7-28)63-32-4-2-1-3-5-32)53-58(41(38)51-27-50-40)29-14-18-54(19-15-29)31-23-48-45(49-24-31)56-25-46(26-56)16-20-55(21-17-46)30-8-11-34-35(22-30)44(62)57(43(34)61)36-12-13-37(59)52-42(36)60/h1-11,22-24,27,29,36H,12-21,25-26H2,(H2,47,50,51)(H,52,59,60). The van der Waals surface area contributed by atoms with E-state index in [1.165, 1.54) is 6.33 Å². The number of rotatable bonds is 8. The minimum Gasteiger partial charge on any atom is -0.457 e. The molecule has 11 rings (SSSR count). The summed E-state index contributed by atoms with van der Waals surface area (Å²) in [6.07, 6.45) is 9.25. The number of imide groups is 2. The Morgan fingerprint density at radius 1 is 0.714 bits per heavy atom. The van der Waals surface area contributed by atoms with E-state index in [0.29, 0.717) is 16.9 Å². The maximum absolute atomic E-state index is 13.4. The second kappa shape index (κ2) is 15.2. The van der Waals surface area contributed by atoms with Crippen molar-refractivity contribution in [2.75, 3.05) is 59.7 Å². The van der Waals surface area contributed by atoms with Gasteiger partial charge in [0, 0.05) is 62.4 Å². The zero-order chi connectivity index (χ0) is 42.8. The quantitative estimate of drug-likeness (QED) is 0.194. The number of nitrogens with zero attached hydrogens (tertiary/aromatic N) is 10. The highest BCUT2D eigenvalue weighted by atomic mass is 16.5. The van der Waals surface area contributed by atoms with Crippen molar-refractivity contribution in [1.29, 1.82) is 0 Å². The molecule has 17 heteroatoms. The number of fused-ring (bicyclic) bond motifs is 2. The number of hydrogen-bond acceptors (Lipinski definition) is 14. The minimum atomic E-state index is -0.979. The number of piperidine rings is 3. The molecular formula is C46H44N12O5. The van der Waals surface area contributed by atoms with Gasteiger partial charge in [0.2, 0.25) is 17.8 Å². The van der Waals surface area contributed by atoms with Crippen molar-refractivity contribution < 1.29 is 23.9 Å². The van der Waals surface area contributed by atoms with Gasteiger partial charge >= 0.3 is 0 Å². The predicted molar refractivity (Wildman–Crippen MR) is 233 cm³/mol. The molecule has 0 radical (unpaired) electrons. The van der Waals surface area contributed by atoms with Gasteiger partial charge in [0.25, 0.3) is 11.8 Å². The second-order valence-electron chi connectivity index (χ2n) is 17.2. The lowest BCUT2D eigenvalue weighted by Crippen LogP contribution is -2.61. The molecule has 1 atom stereocenters. The number of ether oxygens (including phenoxy) is 1. The normalized spacial score (nSPS) is 20.0. The van der Waals surface area contributed by atoms with E-state index in [-0.39, 0.29) is 24.3 Å². The third-order valence-corrected chi connectivity index (χ3v) is 13.4. The molecule has 5 aliphatic rings. The van der Waals surface area contributed by atoms with Crippen LogP contribution in [0.4, 0.5) is 23.1 Å². The fourth-order valence-electron chi connectivity index (χ4n) is 9.88. The number of para-hydroxylation sites is 1. The highest BCUT2D eigenvalue weighted by Gasteiger charge is 2.47. The molecule has 5 aliphatic heterocycles. The lowest BCUT2D eigenvalue weighted by atomic mass is 9.72. The van der Waals surface area contributed by atoms with Crippen LogP contribution in [0.3, 0.4) is 0 Å². The number of aromatic nitrogens is 6. The van der Waals surface area contributed by atoms with Gasteiger partial charge in [-0.25, -0.2) is 24.6 Å². The van der Waals surface area contributed by atoms with E-state index < -0.39 is 29.7 Å². The van der Waals surface area contributed by atoms with Crippen LogP contribution >= 0.6 is 0 Å². The van der Waals surface area contributed by atoms with Crippen LogP contribution in [0, 0.1) is 5.41 Å². The summed E-state index contributed by atoms with van der Waals surface area (Å²) in [5.41, 5.74) is 11.5. The van der Waals surface area contributed by atoms with Crippen molar-refractivity contribution in [1.82, 2.24) is 39.9 Å². The molecule has 4 amide bonds. The van der Waals surface area contributed by atoms with E-state index in [4.69, 9.17) is 25.5 Å². The predicted octanol–water partition coefficient (Wildman–Crippen LogP) is 5.01. The Labute approximate surface area is 361 Å². The van der Waals surface area contributed by atoms with Crippen LogP contribution < -0.4 is 30.5 Å². The highest BCUT2D eigenvalue weighted by molar-refractivity contribution is 6.23. The van der Waals surface area contributed by atoms with E-state index in [9.17, 15) is 19.2 Å². The molecule has 3 aromatic heterocycles. The summed E-state index contributed by atoms with van der Waals surface area (Å²) in [5, 5.41) is 8.09. The zero-order valence-corrected chi connectivity index (χ0v) is 34.4. The fraction of sp³-hybridized carbons (Fsp3) is 0.326. The van der Waals surface area contributed by atoms with Crippen molar-refractivity contribution in [3.8, 4) is 22.8 Å². The zero-order valence-electron chi connectivity index (χ0n) is 34.4. The fourth-order valence-corrected chi connectivity index (χ4v) is 9.88. The van der Waals surface area contributed by atoms with Crippen molar-refractivity contribution in [2.24, 2.45) is 5.41 Å². The topological polar surface area (TPSA) is 198 Å². The third-order valence-electron chi connectivity index (χ3n) is 13.4. The molecule has 3 N–H and O–H groups in total. The van der Waals surface area contributed by atoms with Crippen LogP contribution in [0.15, 0.2) is 91.5 Å². The summed E-state index contributed by atoms with van der Waals surface area (Å²) < 4.78 is 8.03. The molecule has 4 fully saturated rings. The van der Waals surface area contributed by atoms with Gasteiger partial charge in [-0.15, -0.1) is 0 Å². The van der Waals surface area contributed by atoms with Gasteiger partial charge in [-0.1, -0.05) is 18.2 Å². The van der Waals surface area contributed by atoms with Gasteiger partial charge in [0.15, 0.2) is 5.65 Å². The molecule has 6 aromatic rings. The Morgan fingerprint density at radius 3 is 2.14 bits per heavy atom. The van der Waals surface area contributed by atoms with Gasteiger partial charge in [0.1, 0.15) is 35.4 Å². The Bertz CT molecular complexity index is 2770. The van der Waals surface area contributed by atoms with Crippen LogP contribution in [-0.4, -0.2) is 104 Å². The number of hydrogen-bond donors (Lipinski definition) is 2. The van der Waals surface area contributed by atoms with Gasteiger partial charge in [-0.05, 0) is 86.7 Å². The van der Waals surface area contributed by atoms with Crippen LogP contribution in [0.25, 0.3) is 22.3 Å². The molecule has 0 aliphatic carbocycles. The van der Waals surface area contributed by atoms with E-state index in [0.717, 1.165) is 121 Å². The molecular weight excluding hydrogens is 801 g/mol. The molecule has 1 unspecified atom stereocenters. The summed E-state index contributed by atoms with van der Waals surface area (Å²) in [5.74, 6) is 0.646. The van der Waals surface area contributed by atoms with Crippen molar-refractivity contribution in [3.63, 3.8) is 0 Å². The van der Waals surface area contributed by atoms with Crippen LogP contribution in [-0.2, 0) is 9.59 Å². The van der Waals surface area contributed by atoms with Gasteiger partial charge in [0.05, 0.1) is 40.6 Å². The second-order valence-corrected chi connectivity index (χ2v) is 17.2. The Hall–Kier alpha value is -7.43. The van der Waals surface area contributed by atoms with Crippen molar-refractivity contribution in [3.05, 3.63) is 103 Å². The first-order valence-corrected chi connectivity index (χ1v) is 21.4. The first-order valence-electron chi connectivity index (χ1n) is 21.4. The summed E-state index contributed by atoms with van der Waals surface area (Å²) in [6.45, 7) is 5.01. The van der Waals surface area contributed by atoms with Gasteiger partial charge < -0.3 is 25.2 Å². The molecule has 63 heavy (non-hydrogen) atoms. The molecule has 3 aromatic carbocycles. The number of nitrogens with one attached hydrogen (secondary N) is 1. The number of anilines is 4. The van der Waals surface area contributed by atoms with Crippen LogP contribution in [0.1, 0.15) is 65.3 Å². The SMILES string of the molecule is Nc1ncnc2c1c(-c1ccc(Oc3ccccc3)cc1)nn2C1CCN(c2cnc(N3CC4(CCN(c5ccc6c(c5)C(=O)N(C5CCC(=O)NC5=O)C6=O)CC4)C3)nc2)CC1. The van der Waals surface area contributed by atoms with Crippen LogP contribution in [0.2, 0.25) is 0 Å². The number of carbonyl (C=O) groups excluding carboxylic acids is 4. The average molecular weight is 845 g/mol. The maximum atomic E-state index is 13.4. The monoisotopic (exact) mass is 844 g/mol. The molecule has 4 saturated heterocycles. The Kier molecular flexibility index (Phi) is 9.27. The first-order chi connectivity index (χ1) is 30.7. The molecule has 318 valence electrons. The molecule has 1 spiro atoms. The number of amides is 4. The number of benzene rings is 3. The number of carbonyl (C=O) groups is 4. The number of nitrogen functional groups attached to an aromatic ring is 1. The first kappa shape index (κ1) is 38.5. The molecule has 17 nitrogen and oxygen atoms in total. The molecule has 8 heterocycles. The van der Waals surface area contributed by atoms with Crippen molar-refractivity contribution >= 4 is 57.8 Å². The van der Waals surface area contributed by atoms with Crippen LogP contribution in [0.5, 0.6) is 11.5 Å². The average Bonchev–Trinajstić information content (AvgIpc) is 3.81. The van der Waals surface area contributed by atoms with Crippen molar-refractivity contribution in [2.45, 2.75) is 50.6 Å². The third kappa shape index (κ3) is 6.83. The van der Waals surface area contributed by atoms with E-state index >= 15 is 0 Å². The lowest BCUT2D eigenvalue weighted by molar-refractivity contribution is -0.136. The van der Waals surface area contributed by atoms with E-state index in [1.807, 2.05) is 77.7 Å².